The Balaban J connectivity index is 2.45. The van der Waals surface area contributed by atoms with Crippen LogP contribution in [0.4, 0.5) is 0 Å². The number of rotatable bonds is 3. The molecule has 0 unspecified atom stereocenters. The van der Waals surface area contributed by atoms with Crippen molar-refractivity contribution in [2.24, 2.45) is 0 Å². The molecule has 1 heterocycles. The molecule has 0 saturated carbocycles. The van der Waals surface area contributed by atoms with Crippen molar-refractivity contribution in [3.05, 3.63) is 40.0 Å². The van der Waals surface area contributed by atoms with Crippen molar-refractivity contribution >= 4 is 27.5 Å². The first-order valence-corrected chi connectivity index (χ1v) is 7.30. The molecule has 1 aromatic rings. The number of allylic oxidation sites excluding steroid dienone is 1. The van der Waals surface area contributed by atoms with Gasteiger partial charge in [-0.25, -0.2) is 4.79 Å². The lowest BCUT2D eigenvalue weighted by Crippen LogP contribution is -2.17. The van der Waals surface area contributed by atoms with Crippen LogP contribution in [0.2, 0.25) is 0 Å². The van der Waals surface area contributed by atoms with Crippen molar-refractivity contribution in [2.45, 2.75) is 19.8 Å². The molecular formula is C15H18BrNO2. The van der Waals surface area contributed by atoms with E-state index in [1.54, 1.807) is 0 Å². The minimum absolute atomic E-state index is 0.228. The van der Waals surface area contributed by atoms with Crippen LogP contribution in [0.3, 0.4) is 0 Å². The Morgan fingerprint density at radius 2 is 2.05 bits per heavy atom. The molecule has 0 radical (unpaired) electrons. The number of carbonyl (C=O) groups is 1. The highest BCUT2D eigenvalue weighted by Crippen LogP contribution is 2.30. The molecule has 0 amide bonds. The first kappa shape index (κ1) is 14.1. The van der Waals surface area contributed by atoms with Crippen molar-refractivity contribution < 1.29 is 9.53 Å². The monoisotopic (exact) mass is 323 g/mol. The van der Waals surface area contributed by atoms with Crippen LogP contribution in [-0.2, 0) is 9.53 Å². The van der Waals surface area contributed by atoms with Crippen molar-refractivity contribution in [1.82, 2.24) is 4.90 Å². The highest BCUT2D eigenvalue weighted by molar-refractivity contribution is 9.10. The van der Waals surface area contributed by atoms with Crippen molar-refractivity contribution in [3.8, 4) is 0 Å². The molecule has 0 bridgehead atoms. The Kier molecular flexibility index (Phi) is 4.64. The predicted molar refractivity (Wildman–Crippen MR) is 79.6 cm³/mol. The lowest BCUT2D eigenvalue weighted by atomic mass is 10.0. The zero-order valence-electron chi connectivity index (χ0n) is 11.3. The minimum atomic E-state index is -0.228. The maximum atomic E-state index is 12.2. The molecule has 1 saturated heterocycles. The third-order valence-corrected chi connectivity index (χ3v) is 3.80. The molecule has 0 aromatic heterocycles. The van der Waals surface area contributed by atoms with Gasteiger partial charge in [0.05, 0.1) is 12.2 Å². The van der Waals surface area contributed by atoms with E-state index in [0.717, 1.165) is 35.1 Å². The van der Waals surface area contributed by atoms with Gasteiger partial charge in [-0.15, -0.1) is 0 Å². The van der Waals surface area contributed by atoms with E-state index in [2.05, 4.69) is 20.8 Å². The lowest BCUT2D eigenvalue weighted by Gasteiger charge is -2.18. The molecule has 4 heteroatoms. The number of benzene rings is 1. The number of nitrogens with zero attached hydrogens (tertiary/aromatic N) is 1. The Hall–Kier alpha value is -1.29. The minimum Gasteiger partial charge on any atom is -0.462 e. The predicted octanol–water partition coefficient (Wildman–Crippen LogP) is 3.45. The maximum Gasteiger partial charge on any atom is 0.340 e. The van der Waals surface area contributed by atoms with Gasteiger partial charge in [0.25, 0.3) is 0 Å². The highest BCUT2D eigenvalue weighted by atomic mass is 79.9. The molecule has 0 N–H and O–H groups in total. The quantitative estimate of drug-likeness (QED) is 0.630. The van der Waals surface area contributed by atoms with Gasteiger partial charge in [0.15, 0.2) is 0 Å². The van der Waals surface area contributed by atoms with E-state index in [-0.39, 0.29) is 5.97 Å². The third-order valence-electron chi connectivity index (χ3n) is 3.27. The summed E-state index contributed by atoms with van der Waals surface area (Å²) >= 11 is 3.42. The second-order valence-electron chi connectivity index (χ2n) is 4.57. The first-order valence-electron chi connectivity index (χ1n) is 6.50. The molecule has 1 aliphatic rings. The van der Waals surface area contributed by atoms with Gasteiger partial charge in [0.2, 0.25) is 0 Å². The summed E-state index contributed by atoms with van der Waals surface area (Å²) in [5.74, 6) is -0.228. The normalized spacial score (nSPS) is 17.5. The van der Waals surface area contributed by atoms with Crippen molar-refractivity contribution in [1.29, 1.82) is 0 Å². The van der Waals surface area contributed by atoms with E-state index in [9.17, 15) is 4.79 Å². The van der Waals surface area contributed by atoms with Crippen LogP contribution in [0.1, 0.15) is 25.3 Å². The van der Waals surface area contributed by atoms with E-state index < -0.39 is 0 Å². The summed E-state index contributed by atoms with van der Waals surface area (Å²) in [7, 11) is 2.03. The smallest absolute Gasteiger partial charge is 0.340 e. The van der Waals surface area contributed by atoms with Gasteiger partial charge in [0.1, 0.15) is 0 Å². The largest absolute Gasteiger partial charge is 0.462 e. The Labute approximate surface area is 122 Å². The summed E-state index contributed by atoms with van der Waals surface area (Å²) in [5, 5.41) is 0. The van der Waals surface area contributed by atoms with Gasteiger partial charge < -0.3 is 9.64 Å². The second-order valence-corrected chi connectivity index (χ2v) is 5.49. The molecule has 0 aliphatic carbocycles. The van der Waals surface area contributed by atoms with Crippen LogP contribution in [0.5, 0.6) is 0 Å². The molecule has 0 spiro atoms. The van der Waals surface area contributed by atoms with Crippen molar-refractivity contribution in [3.63, 3.8) is 0 Å². The number of esters is 1. The van der Waals surface area contributed by atoms with E-state index in [4.69, 9.17) is 4.74 Å². The molecule has 1 aliphatic heterocycles. The number of ether oxygens (including phenoxy) is 1. The van der Waals surface area contributed by atoms with Gasteiger partial charge in [-0.1, -0.05) is 28.1 Å². The van der Waals surface area contributed by atoms with Crippen LogP contribution < -0.4 is 0 Å². The van der Waals surface area contributed by atoms with E-state index in [1.165, 1.54) is 0 Å². The van der Waals surface area contributed by atoms with Gasteiger partial charge in [0, 0.05) is 23.8 Å². The Morgan fingerprint density at radius 3 is 2.58 bits per heavy atom. The zero-order valence-corrected chi connectivity index (χ0v) is 12.9. The maximum absolute atomic E-state index is 12.2. The molecule has 0 atom stereocenters. The van der Waals surface area contributed by atoms with Crippen LogP contribution in [0.15, 0.2) is 34.4 Å². The summed E-state index contributed by atoms with van der Waals surface area (Å²) in [4.78, 5) is 14.4. The fourth-order valence-electron chi connectivity index (χ4n) is 2.35. The van der Waals surface area contributed by atoms with E-state index >= 15 is 0 Å². The van der Waals surface area contributed by atoms with Gasteiger partial charge in [-0.05, 0) is 37.5 Å². The standard InChI is InChI=1S/C15H18BrNO2/c1-3-19-15(18)14(13-5-4-10-17(13)2)11-6-8-12(16)9-7-11/h6-9H,3-5,10H2,1-2H3. The van der Waals surface area contributed by atoms with Gasteiger partial charge >= 0.3 is 5.97 Å². The number of hydrogen-bond donors (Lipinski definition) is 0. The average Bonchev–Trinajstić information content (AvgIpc) is 2.79. The Morgan fingerprint density at radius 1 is 1.37 bits per heavy atom. The summed E-state index contributed by atoms with van der Waals surface area (Å²) in [6, 6.07) is 7.80. The van der Waals surface area contributed by atoms with Crippen LogP contribution in [0, 0.1) is 0 Å². The Bertz CT molecular complexity index is 493. The van der Waals surface area contributed by atoms with Crippen LogP contribution >= 0.6 is 15.9 Å². The first-order chi connectivity index (χ1) is 9.13. The van der Waals surface area contributed by atoms with Crippen LogP contribution in [0.25, 0.3) is 5.57 Å². The molecule has 2 rings (SSSR count). The molecule has 1 aromatic carbocycles. The number of hydrogen-bond acceptors (Lipinski definition) is 3. The SMILES string of the molecule is CCOC(=O)C(=C1CCCN1C)c1ccc(Br)cc1. The number of likely N-dealkylation sites (tertiary alicyclic amines) is 1. The third kappa shape index (κ3) is 3.18. The molecule has 102 valence electrons. The lowest BCUT2D eigenvalue weighted by molar-refractivity contribution is -0.136. The van der Waals surface area contributed by atoms with E-state index in [0.29, 0.717) is 12.2 Å². The summed E-state index contributed by atoms with van der Waals surface area (Å²) < 4.78 is 6.22. The average molecular weight is 324 g/mol. The van der Waals surface area contributed by atoms with Crippen molar-refractivity contribution in [2.75, 3.05) is 20.2 Å². The molecule has 19 heavy (non-hydrogen) atoms. The molecule has 1 fully saturated rings. The fourth-order valence-corrected chi connectivity index (χ4v) is 2.61. The highest BCUT2D eigenvalue weighted by Gasteiger charge is 2.24. The van der Waals surface area contributed by atoms with E-state index in [1.807, 2.05) is 38.2 Å². The summed E-state index contributed by atoms with van der Waals surface area (Å²) in [6.07, 6.45) is 2.02. The van der Waals surface area contributed by atoms with Gasteiger partial charge in [-0.2, -0.15) is 0 Å². The summed E-state index contributed by atoms with van der Waals surface area (Å²) in [5.41, 5.74) is 2.71. The van der Waals surface area contributed by atoms with Crippen LogP contribution in [-0.4, -0.2) is 31.1 Å². The zero-order chi connectivity index (χ0) is 13.8. The molecule has 3 nitrogen and oxygen atoms in total. The van der Waals surface area contributed by atoms with Gasteiger partial charge in [-0.3, -0.25) is 0 Å². The summed E-state index contributed by atoms with van der Waals surface area (Å²) in [6.45, 7) is 3.23. The molecular weight excluding hydrogens is 306 g/mol. The second kappa shape index (κ2) is 6.24. The number of halogens is 1. The fraction of sp³-hybridized carbons (Fsp3) is 0.400. The topological polar surface area (TPSA) is 29.5 Å². The number of carbonyl (C=O) groups excluding carboxylic acids is 1.